The van der Waals surface area contributed by atoms with E-state index in [-0.39, 0.29) is 5.91 Å². The van der Waals surface area contributed by atoms with Gasteiger partial charge in [0.25, 0.3) is 5.91 Å². The molecule has 0 aromatic carbocycles. The van der Waals surface area contributed by atoms with Crippen LogP contribution in [-0.2, 0) is 13.0 Å². The molecule has 0 saturated heterocycles. The van der Waals surface area contributed by atoms with E-state index in [0.29, 0.717) is 17.4 Å². The average Bonchev–Trinajstić information content (AvgIpc) is 3.04. The van der Waals surface area contributed by atoms with E-state index in [9.17, 15) is 4.79 Å². The maximum Gasteiger partial charge on any atom is 0.258 e. The van der Waals surface area contributed by atoms with Gasteiger partial charge in [0.2, 0.25) is 5.95 Å². The standard InChI is InChI=1S/C17H16N6O/c24-16(12-6-9-18-10-7-12)21-17-20-15-5-4-13(11-23(15)22-17)14-3-1-2-8-19-14/h1-3,6-10,13H,4-5,11H2,(H,21,22,24). The molecule has 1 unspecified atom stereocenters. The number of carbonyl (C=O) groups excluding carboxylic acids is 1. The smallest absolute Gasteiger partial charge is 0.258 e. The summed E-state index contributed by atoms with van der Waals surface area (Å²) in [5, 5.41) is 7.17. The van der Waals surface area contributed by atoms with E-state index in [1.807, 2.05) is 29.1 Å². The fourth-order valence-corrected chi connectivity index (χ4v) is 2.90. The molecule has 7 heteroatoms. The topological polar surface area (TPSA) is 85.6 Å². The highest BCUT2D eigenvalue weighted by atomic mass is 16.1. The van der Waals surface area contributed by atoms with Gasteiger partial charge < -0.3 is 0 Å². The summed E-state index contributed by atoms with van der Waals surface area (Å²) in [5.41, 5.74) is 1.60. The Labute approximate surface area is 138 Å². The van der Waals surface area contributed by atoms with Gasteiger partial charge in [0.05, 0.1) is 6.54 Å². The molecule has 4 heterocycles. The first kappa shape index (κ1) is 14.5. The van der Waals surface area contributed by atoms with E-state index >= 15 is 0 Å². The summed E-state index contributed by atoms with van der Waals surface area (Å²) in [6.45, 7) is 0.727. The van der Waals surface area contributed by atoms with Crippen molar-refractivity contribution in [3.63, 3.8) is 0 Å². The first-order valence-corrected chi connectivity index (χ1v) is 7.85. The van der Waals surface area contributed by atoms with Crippen molar-refractivity contribution in [2.24, 2.45) is 0 Å². The number of anilines is 1. The van der Waals surface area contributed by atoms with Crippen molar-refractivity contribution in [2.45, 2.75) is 25.3 Å². The fraction of sp³-hybridized carbons (Fsp3) is 0.235. The van der Waals surface area contributed by atoms with E-state index in [2.05, 4.69) is 25.4 Å². The first-order chi connectivity index (χ1) is 11.8. The van der Waals surface area contributed by atoms with E-state index in [4.69, 9.17) is 0 Å². The van der Waals surface area contributed by atoms with Crippen LogP contribution >= 0.6 is 0 Å². The lowest BCUT2D eigenvalue weighted by molar-refractivity contribution is 0.102. The Bertz CT molecular complexity index is 846. The highest BCUT2D eigenvalue weighted by Gasteiger charge is 2.24. The molecule has 1 atom stereocenters. The van der Waals surface area contributed by atoms with Crippen LogP contribution in [-0.4, -0.2) is 30.6 Å². The van der Waals surface area contributed by atoms with Gasteiger partial charge in [0.15, 0.2) is 0 Å². The lowest BCUT2D eigenvalue weighted by atomic mass is 9.96. The SMILES string of the molecule is O=C(Nc1nc2n(n1)CC(c1ccccn1)CC2)c1ccncc1. The van der Waals surface area contributed by atoms with Crippen molar-refractivity contribution >= 4 is 11.9 Å². The molecule has 3 aromatic heterocycles. The van der Waals surface area contributed by atoms with Gasteiger partial charge in [-0.15, -0.1) is 5.10 Å². The molecule has 4 rings (SSSR count). The van der Waals surface area contributed by atoms with Crippen LogP contribution in [0, 0.1) is 0 Å². The summed E-state index contributed by atoms with van der Waals surface area (Å²) in [6.07, 6.45) is 6.77. The van der Waals surface area contributed by atoms with Crippen molar-refractivity contribution in [3.8, 4) is 0 Å². The number of aromatic nitrogens is 5. The summed E-state index contributed by atoms with van der Waals surface area (Å²) < 4.78 is 1.87. The first-order valence-electron chi connectivity index (χ1n) is 7.85. The second kappa shape index (κ2) is 6.19. The van der Waals surface area contributed by atoms with Crippen LogP contribution in [0.5, 0.6) is 0 Å². The predicted octanol–water partition coefficient (Wildman–Crippen LogP) is 2.05. The second-order valence-electron chi connectivity index (χ2n) is 5.71. The van der Waals surface area contributed by atoms with Gasteiger partial charge in [-0.2, -0.15) is 4.98 Å². The summed E-state index contributed by atoms with van der Waals surface area (Å²) in [5.74, 6) is 1.33. The number of hydrogen-bond acceptors (Lipinski definition) is 5. The Kier molecular flexibility index (Phi) is 3.74. The Morgan fingerprint density at radius 3 is 2.83 bits per heavy atom. The van der Waals surface area contributed by atoms with Crippen LogP contribution in [0.1, 0.15) is 34.2 Å². The molecule has 0 radical (unpaired) electrons. The molecule has 0 saturated carbocycles. The zero-order chi connectivity index (χ0) is 16.4. The maximum absolute atomic E-state index is 12.2. The molecular formula is C17H16N6O. The van der Waals surface area contributed by atoms with Gasteiger partial charge in [-0.1, -0.05) is 6.07 Å². The van der Waals surface area contributed by atoms with Crippen LogP contribution in [0.2, 0.25) is 0 Å². The molecular weight excluding hydrogens is 304 g/mol. The quantitative estimate of drug-likeness (QED) is 0.798. The third-order valence-electron chi connectivity index (χ3n) is 4.13. The second-order valence-corrected chi connectivity index (χ2v) is 5.71. The van der Waals surface area contributed by atoms with Gasteiger partial charge in [-0.05, 0) is 30.7 Å². The molecule has 1 N–H and O–H groups in total. The van der Waals surface area contributed by atoms with Crippen LogP contribution in [0.4, 0.5) is 5.95 Å². The number of aryl methyl sites for hydroxylation is 1. The summed E-state index contributed by atoms with van der Waals surface area (Å²) in [4.78, 5) is 24.9. The lowest BCUT2D eigenvalue weighted by Crippen LogP contribution is -2.20. The zero-order valence-electron chi connectivity index (χ0n) is 13.0. The van der Waals surface area contributed by atoms with Crippen LogP contribution in [0.15, 0.2) is 48.9 Å². The Hall–Kier alpha value is -3.09. The summed E-state index contributed by atoms with van der Waals surface area (Å²) in [6, 6.07) is 9.27. The molecule has 1 amide bonds. The van der Waals surface area contributed by atoms with Crippen molar-refractivity contribution in [3.05, 3.63) is 66.0 Å². The van der Waals surface area contributed by atoms with Gasteiger partial charge in [-0.3, -0.25) is 20.1 Å². The number of amides is 1. The minimum atomic E-state index is -0.235. The summed E-state index contributed by atoms with van der Waals surface area (Å²) in [7, 11) is 0. The van der Waals surface area contributed by atoms with Crippen molar-refractivity contribution in [1.82, 2.24) is 24.7 Å². The largest absolute Gasteiger partial charge is 0.289 e. The highest BCUT2D eigenvalue weighted by molar-refractivity contribution is 6.03. The molecule has 3 aromatic rings. The molecule has 120 valence electrons. The highest BCUT2D eigenvalue weighted by Crippen LogP contribution is 2.27. The molecule has 0 aliphatic carbocycles. The summed E-state index contributed by atoms with van der Waals surface area (Å²) >= 11 is 0. The molecule has 0 spiro atoms. The average molecular weight is 320 g/mol. The fourth-order valence-electron chi connectivity index (χ4n) is 2.90. The Balaban J connectivity index is 1.50. The van der Waals surface area contributed by atoms with Crippen LogP contribution < -0.4 is 5.32 Å². The lowest BCUT2D eigenvalue weighted by Gasteiger charge is -2.21. The molecule has 0 bridgehead atoms. The van der Waals surface area contributed by atoms with Crippen molar-refractivity contribution < 1.29 is 4.79 Å². The van der Waals surface area contributed by atoms with Crippen LogP contribution in [0.25, 0.3) is 0 Å². The molecule has 1 aliphatic heterocycles. The number of pyridine rings is 2. The number of carbonyl (C=O) groups is 1. The number of nitrogens with zero attached hydrogens (tertiary/aromatic N) is 5. The molecule has 24 heavy (non-hydrogen) atoms. The van der Waals surface area contributed by atoms with Crippen molar-refractivity contribution in [2.75, 3.05) is 5.32 Å². The monoisotopic (exact) mass is 320 g/mol. The minimum Gasteiger partial charge on any atom is -0.289 e. The third-order valence-corrected chi connectivity index (χ3v) is 4.13. The maximum atomic E-state index is 12.2. The Morgan fingerprint density at radius 1 is 1.17 bits per heavy atom. The van der Waals surface area contributed by atoms with Crippen LogP contribution in [0.3, 0.4) is 0 Å². The molecule has 0 fully saturated rings. The third kappa shape index (κ3) is 2.88. The zero-order valence-corrected chi connectivity index (χ0v) is 13.0. The van der Waals surface area contributed by atoms with Gasteiger partial charge in [-0.25, -0.2) is 4.68 Å². The van der Waals surface area contributed by atoms with E-state index in [1.54, 1.807) is 24.5 Å². The molecule has 1 aliphatic rings. The number of hydrogen-bond donors (Lipinski definition) is 1. The predicted molar refractivity (Wildman–Crippen MR) is 87.5 cm³/mol. The van der Waals surface area contributed by atoms with E-state index in [0.717, 1.165) is 30.9 Å². The van der Waals surface area contributed by atoms with E-state index in [1.165, 1.54) is 0 Å². The van der Waals surface area contributed by atoms with Gasteiger partial charge in [0, 0.05) is 42.2 Å². The Morgan fingerprint density at radius 2 is 2.04 bits per heavy atom. The number of nitrogens with one attached hydrogen (secondary N) is 1. The minimum absolute atomic E-state index is 0.235. The van der Waals surface area contributed by atoms with E-state index < -0.39 is 0 Å². The van der Waals surface area contributed by atoms with Gasteiger partial charge in [0.1, 0.15) is 5.82 Å². The van der Waals surface area contributed by atoms with Gasteiger partial charge >= 0.3 is 0 Å². The molecule has 7 nitrogen and oxygen atoms in total. The normalized spacial score (nSPS) is 16.4. The van der Waals surface area contributed by atoms with Crippen molar-refractivity contribution in [1.29, 1.82) is 0 Å². The number of rotatable bonds is 3. The number of fused-ring (bicyclic) bond motifs is 1.